The Morgan fingerprint density at radius 2 is 1.52 bits per heavy atom. The average molecular weight is 364 g/mol. The number of amides is 1. The van der Waals surface area contributed by atoms with Gasteiger partial charge in [-0.25, -0.2) is 0 Å². The van der Waals surface area contributed by atoms with Crippen molar-refractivity contribution in [2.45, 2.75) is 45.1 Å². The quantitative estimate of drug-likeness (QED) is 0.651. The fraction of sp³-hybridized carbons (Fsp3) is 0.391. The van der Waals surface area contributed by atoms with Crippen LogP contribution in [0.3, 0.4) is 0 Å². The minimum absolute atomic E-state index is 0.0270. The number of rotatable bonds is 4. The van der Waals surface area contributed by atoms with Crippen LogP contribution in [0, 0.1) is 0 Å². The van der Waals surface area contributed by atoms with Crippen molar-refractivity contribution >= 4 is 17.4 Å². The van der Waals surface area contributed by atoms with Gasteiger partial charge in [0.25, 0.3) is 5.91 Å². The normalized spacial score (nSPS) is 15.4. The molecule has 1 aliphatic rings. The minimum Gasteiger partial charge on any atom is -0.382 e. The maximum atomic E-state index is 12.6. The molecule has 1 saturated heterocycles. The van der Waals surface area contributed by atoms with Gasteiger partial charge in [0.1, 0.15) is 0 Å². The van der Waals surface area contributed by atoms with Crippen LogP contribution in [0.2, 0.25) is 0 Å². The zero-order valence-corrected chi connectivity index (χ0v) is 16.4. The third-order valence-electron chi connectivity index (χ3n) is 5.13. The number of piperidine rings is 1. The van der Waals surface area contributed by atoms with Gasteiger partial charge in [0, 0.05) is 30.4 Å². The third kappa shape index (κ3) is 4.76. The fourth-order valence-corrected chi connectivity index (χ4v) is 3.39. The summed E-state index contributed by atoms with van der Waals surface area (Å²) in [5.41, 5.74) is 2.74. The lowest BCUT2D eigenvalue weighted by atomic mass is 9.86. The van der Waals surface area contributed by atoms with Crippen molar-refractivity contribution in [1.82, 2.24) is 4.90 Å². The van der Waals surface area contributed by atoms with Gasteiger partial charge in [-0.15, -0.1) is 0 Å². The van der Waals surface area contributed by atoms with E-state index in [-0.39, 0.29) is 5.41 Å². The van der Waals surface area contributed by atoms with Crippen molar-refractivity contribution < 1.29 is 9.59 Å². The van der Waals surface area contributed by atoms with E-state index in [9.17, 15) is 9.59 Å². The van der Waals surface area contributed by atoms with E-state index in [1.165, 1.54) is 0 Å². The molecule has 142 valence electrons. The second-order valence-corrected chi connectivity index (χ2v) is 8.23. The summed E-state index contributed by atoms with van der Waals surface area (Å²) in [5, 5.41) is 3.50. The molecule has 4 nitrogen and oxygen atoms in total. The van der Waals surface area contributed by atoms with Crippen molar-refractivity contribution in [3.8, 4) is 0 Å². The van der Waals surface area contributed by atoms with Crippen molar-refractivity contribution in [3.05, 3.63) is 65.7 Å². The van der Waals surface area contributed by atoms with Crippen LogP contribution in [-0.2, 0) is 10.2 Å². The summed E-state index contributed by atoms with van der Waals surface area (Å²) in [5.74, 6) is -0.804. The number of nitrogens with one attached hydrogen (secondary N) is 1. The Morgan fingerprint density at radius 1 is 0.926 bits per heavy atom. The van der Waals surface area contributed by atoms with E-state index in [1.807, 2.05) is 42.5 Å². The van der Waals surface area contributed by atoms with Crippen LogP contribution < -0.4 is 5.32 Å². The largest absolute Gasteiger partial charge is 0.382 e. The van der Waals surface area contributed by atoms with Gasteiger partial charge in [-0.05, 0) is 36.0 Å². The smallest absolute Gasteiger partial charge is 0.294 e. The number of carbonyl (C=O) groups excluding carboxylic acids is 2. The first-order chi connectivity index (χ1) is 12.8. The van der Waals surface area contributed by atoms with Crippen LogP contribution in [0.15, 0.2) is 54.6 Å². The van der Waals surface area contributed by atoms with E-state index >= 15 is 0 Å². The SMILES string of the molecule is CC(C)(C)c1ccc(C(=O)C(=O)N2CCC(Nc3ccccc3)CC2)cc1. The molecule has 3 rings (SSSR count). The lowest BCUT2D eigenvalue weighted by Crippen LogP contribution is -2.45. The number of Topliss-reactive ketones (excluding diaryl/α,β-unsaturated/α-hetero) is 1. The van der Waals surface area contributed by atoms with Crippen LogP contribution in [0.4, 0.5) is 5.69 Å². The lowest BCUT2D eigenvalue weighted by molar-refractivity contribution is -0.127. The third-order valence-corrected chi connectivity index (χ3v) is 5.13. The van der Waals surface area contributed by atoms with Gasteiger partial charge in [-0.3, -0.25) is 9.59 Å². The van der Waals surface area contributed by atoms with Crippen molar-refractivity contribution in [2.75, 3.05) is 18.4 Å². The molecule has 1 heterocycles. The molecule has 4 heteroatoms. The Hall–Kier alpha value is -2.62. The Balaban J connectivity index is 1.56. The number of para-hydroxylation sites is 1. The topological polar surface area (TPSA) is 49.4 Å². The molecule has 2 aromatic carbocycles. The number of ketones is 1. The molecule has 1 amide bonds. The zero-order valence-electron chi connectivity index (χ0n) is 16.4. The fourth-order valence-electron chi connectivity index (χ4n) is 3.39. The molecule has 0 atom stereocenters. The zero-order chi connectivity index (χ0) is 19.4. The highest BCUT2D eigenvalue weighted by atomic mass is 16.2. The van der Waals surface area contributed by atoms with Crippen LogP contribution in [0.25, 0.3) is 0 Å². The van der Waals surface area contributed by atoms with E-state index in [0.29, 0.717) is 24.7 Å². The number of carbonyl (C=O) groups is 2. The molecule has 0 unspecified atom stereocenters. The number of nitrogens with zero attached hydrogens (tertiary/aromatic N) is 1. The summed E-state index contributed by atoms with van der Waals surface area (Å²) in [7, 11) is 0. The number of benzene rings is 2. The van der Waals surface area contributed by atoms with Gasteiger partial charge in [0.05, 0.1) is 0 Å². The second kappa shape index (κ2) is 7.95. The summed E-state index contributed by atoms with van der Waals surface area (Å²) < 4.78 is 0. The molecule has 1 N–H and O–H groups in total. The molecule has 0 radical (unpaired) electrons. The number of likely N-dealkylation sites (tertiary alicyclic amines) is 1. The second-order valence-electron chi connectivity index (χ2n) is 8.23. The highest BCUT2D eigenvalue weighted by Gasteiger charge is 2.28. The van der Waals surface area contributed by atoms with Crippen molar-refractivity contribution in [1.29, 1.82) is 0 Å². The summed E-state index contributed by atoms with van der Waals surface area (Å²) in [6.07, 6.45) is 1.69. The maximum Gasteiger partial charge on any atom is 0.294 e. The van der Waals surface area contributed by atoms with Crippen LogP contribution in [-0.4, -0.2) is 35.7 Å². The predicted molar refractivity (Wildman–Crippen MR) is 109 cm³/mol. The Kier molecular flexibility index (Phi) is 5.64. The highest BCUT2D eigenvalue weighted by Crippen LogP contribution is 2.23. The van der Waals surface area contributed by atoms with Crippen LogP contribution in [0.1, 0.15) is 49.5 Å². The molecule has 27 heavy (non-hydrogen) atoms. The Morgan fingerprint density at radius 3 is 2.07 bits per heavy atom. The molecule has 0 aromatic heterocycles. The van der Waals surface area contributed by atoms with Gasteiger partial charge >= 0.3 is 0 Å². The number of hydrogen-bond acceptors (Lipinski definition) is 3. The van der Waals surface area contributed by atoms with E-state index in [2.05, 4.69) is 26.1 Å². The molecule has 1 aliphatic heterocycles. The molecule has 0 bridgehead atoms. The van der Waals surface area contributed by atoms with Gasteiger partial charge in [-0.1, -0.05) is 63.2 Å². The number of anilines is 1. The van der Waals surface area contributed by atoms with Gasteiger partial charge < -0.3 is 10.2 Å². The molecule has 0 aliphatic carbocycles. The van der Waals surface area contributed by atoms with Crippen molar-refractivity contribution in [2.24, 2.45) is 0 Å². The summed E-state index contributed by atoms with van der Waals surface area (Å²) in [4.78, 5) is 26.9. The van der Waals surface area contributed by atoms with Crippen LogP contribution in [0.5, 0.6) is 0 Å². The molecule has 0 saturated carbocycles. The maximum absolute atomic E-state index is 12.6. The van der Waals surface area contributed by atoms with E-state index < -0.39 is 11.7 Å². The first-order valence-electron chi connectivity index (χ1n) is 9.60. The predicted octanol–water partition coefficient (Wildman–Crippen LogP) is 4.27. The Bertz CT molecular complexity index is 783. The van der Waals surface area contributed by atoms with Gasteiger partial charge in [0.15, 0.2) is 0 Å². The van der Waals surface area contributed by atoms with Gasteiger partial charge in [0.2, 0.25) is 5.78 Å². The molecule has 2 aromatic rings. The molecular weight excluding hydrogens is 336 g/mol. The van der Waals surface area contributed by atoms with Crippen LogP contribution >= 0.6 is 0 Å². The summed E-state index contributed by atoms with van der Waals surface area (Å²) >= 11 is 0. The molecular formula is C23H28N2O2. The minimum atomic E-state index is -0.412. The number of hydrogen-bond donors (Lipinski definition) is 1. The monoisotopic (exact) mass is 364 g/mol. The van der Waals surface area contributed by atoms with E-state index in [0.717, 1.165) is 24.1 Å². The Labute approximate surface area is 161 Å². The van der Waals surface area contributed by atoms with Crippen molar-refractivity contribution in [3.63, 3.8) is 0 Å². The summed E-state index contributed by atoms with van der Waals surface area (Å²) in [6.45, 7) is 7.60. The van der Waals surface area contributed by atoms with Gasteiger partial charge in [-0.2, -0.15) is 0 Å². The molecule has 1 fully saturated rings. The lowest BCUT2D eigenvalue weighted by Gasteiger charge is -2.32. The summed E-state index contributed by atoms with van der Waals surface area (Å²) in [6, 6.07) is 17.8. The first-order valence-corrected chi connectivity index (χ1v) is 9.60. The first kappa shape index (κ1) is 19.2. The van der Waals surface area contributed by atoms with E-state index in [4.69, 9.17) is 0 Å². The van der Waals surface area contributed by atoms with E-state index in [1.54, 1.807) is 17.0 Å². The highest BCUT2D eigenvalue weighted by molar-refractivity contribution is 6.42. The molecule has 0 spiro atoms. The average Bonchev–Trinajstić information content (AvgIpc) is 2.68. The standard InChI is InChI=1S/C23H28N2O2/c1-23(2,3)18-11-9-17(10-12-18)21(26)22(27)25-15-13-20(14-16-25)24-19-7-5-4-6-8-19/h4-12,20,24H,13-16H2,1-3H3.